The quantitative estimate of drug-likeness (QED) is 0.677. The molecule has 2 atom stereocenters. The minimum atomic E-state index is 0.462. The third-order valence-corrected chi connectivity index (χ3v) is 5.01. The van der Waals surface area contributed by atoms with Crippen LogP contribution < -0.4 is 9.64 Å². The summed E-state index contributed by atoms with van der Waals surface area (Å²) in [4.78, 5) is 2.47. The van der Waals surface area contributed by atoms with E-state index in [0.717, 1.165) is 11.5 Å². The zero-order chi connectivity index (χ0) is 14.7. The molecule has 4 rings (SSSR count). The van der Waals surface area contributed by atoms with Gasteiger partial charge in [-0.3, -0.25) is 0 Å². The van der Waals surface area contributed by atoms with Gasteiger partial charge in [-0.25, -0.2) is 0 Å². The molecule has 0 aromatic heterocycles. The monoisotopic (exact) mass is 279 g/mol. The Bertz CT molecular complexity index is 720. The first-order chi connectivity index (χ1) is 10.1. The molecule has 0 N–H and O–H groups in total. The van der Waals surface area contributed by atoms with Crippen LogP contribution in [0.4, 0.5) is 11.4 Å². The second kappa shape index (κ2) is 4.27. The van der Waals surface area contributed by atoms with E-state index in [1.807, 2.05) is 6.07 Å². The van der Waals surface area contributed by atoms with Gasteiger partial charge in [0.25, 0.3) is 0 Å². The fourth-order valence-electron chi connectivity index (χ4n) is 3.79. The largest absolute Gasteiger partial charge is 0.453 e. The van der Waals surface area contributed by atoms with Crippen molar-refractivity contribution >= 4 is 11.4 Å². The summed E-state index contributed by atoms with van der Waals surface area (Å²) in [6.45, 7) is 9.21. The Kier molecular flexibility index (Phi) is 2.59. The van der Waals surface area contributed by atoms with Gasteiger partial charge in [0, 0.05) is 12.0 Å². The van der Waals surface area contributed by atoms with Crippen molar-refractivity contribution in [2.45, 2.75) is 45.6 Å². The number of para-hydroxylation sites is 2. The van der Waals surface area contributed by atoms with Gasteiger partial charge in [0.2, 0.25) is 0 Å². The van der Waals surface area contributed by atoms with Gasteiger partial charge in [-0.15, -0.1) is 0 Å². The number of benzene rings is 2. The maximum atomic E-state index is 6.16. The molecule has 2 aliphatic rings. The standard InChI is InChI=1S/C19H21NO/c1-11(2)14-9-10-17-19-18(14)12(3)13(4)20(19)15-7-5-6-8-16(15)21-17/h5-13H,1-4H3. The van der Waals surface area contributed by atoms with Crippen LogP contribution in [0.2, 0.25) is 0 Å². The van der Waals surface area contributed by atoms with Gasteiger partial charge in [0.15, 0.2) is 11.5 Å². The zero-order valence-electron chi connectivity index (χ0n) is 13.1. The number of nitrogens with zero attached hydrogens (tertiary/aromatic N) is 1. The first-order valence-electron chi connectivity index (χ1n) is 7.82. The first kappa shape index (κ1) is 12.8. The van der Waals surface area contributed by atoms with E-state index in [-0.39, 0.29) is 0 Å². The van der Waals surface area contributed by atoms with Gasteiger partial charge in [-0.05, 0) is 42.2 Å². The Balaban J connectivity index is 2.01. The van der Waals surface area contributed by atoms with Gasteiger partial charge in [-0.1, -0.05) is 39.0 Å². The summed E-state index contributed by atoms with van der Waals surface area (Å²) in [7, 11) is 0. The van der Waals surface area contributed by atoms with E-state index in [4.69, 9.17) is 4.74 Å². The molecule has 0 bridgehead atoms. The number of fused-ring (bicyclic) bond motifs is 2. The predicted molar refractivity (Wildman–Crippen MR) is 87.1 cm³/mol. The summed E-state index contributed by atoms with van der Waals surface area (Å²) in [5.41, 5.74) is 5.42. The van der Waals surface area contributed by atoms with Crippen molar-refractivity contribution in [1.82, 2.24) is 0 Å². The van der Waals surface area contributed by atoms with E-state index >= 15 is 0 Å². The molecule has 2 aromatic carbocycles. The molecule has 21 heavy (non-hydrogen) atoms. The molecule has 2 aliphatic heterocycles. The van der Waals surface area contributed by atoms with E-state index in [0.29, 0.717) is 17.9 Å². The summed E-state index contributed by atoms with van der Waals surface area (Å²) in [6.07, 6.45) is 0. The van der Waals surface area contributed by atoms with Crippen molar-refractivity contribution < 1.29 is 4.74 Å². The lowest BCUT2D eigenvalue weighted by Gasteiger charge is -2.33. The average Bonchev–Trinajstić information content (AvgIpc) is 2.74. The molecule has 0 saturated carbocycles. The molecule has 2 heteroatoms. The number of hydrogen-bond acceptors (Lipinski definition) is 2. The Labute approximate surface area is 126 Å². The number of anilines is 2. The van der Waals surface area contributed by atoms with Crippen LogP contribution in [0.3, 0.4) is 0 Å². The van der Waals surface area contributed by atoms with Crippen molar-refractivity contribution in [3.8, 4) is 11.5 Å². The fourth-order valence-corrected chi connectivity index (χ4v) is 3.79. The molecule has 0 aliphatic carbocycles. The van der Waals surface area contributed by atoms with Gasteiger partial charge < -0.3 is 9.64 Å². The van der Waals surface area contributed by atoms with Gasteiger partial charge in [0.05, 0.1) is 11.4 Å². The average molecular weight is 279 g/mol. The first-order valence-corrected chi connectivity index (χ1v) is 7.82. The van der Waals surface area contributed by atoms with Crippen LogP contribution >= 0.6 is 0 Å². The Morgan fingerprint density at radius 3 is 2.52 bits per heavy atom. The van der Waals surface area contributed by atoms with Crippen LogP contribution in [0.25, 0.3) is 0 Å². The van der Waals surface area contributed by atoms with Crippen molar-refractivity contribution in [1.29, 1.82) is 0 Å². The summed E-state index contributed by atoms with van der Waals surface area (Å²) in [6, 6.07) is 13.2. The lowest BCUT2D eigenvalue weighted by atomic mass is 9.88. The van der Waals surface area contributed by atoms with Crippen LogP contribution in [-0.4, -0.2) is 6.04 Å². The van der Waals surface area contributed by atoms with Crippen LogP contribution in [0, 0.1) is 0 Å². The third-order valence-electron chi connectivity index (χ3n) is 5.01. The second-order valence-electron chi connectivity index (χ2n) is 6.54. The van der Waals surface area contributed by atoms with E-state index in [2.05, 4.69) is 62.9 Å². The molecule has 0 radical (unpaired) electrons. The maximum absolute atomic E-state index is 6.16. The van der Waals surface area contributed by atoms with E-state index in [9.17, 15) is 0 Å². The second-order valence-corrected chi connectivity index (χ2v) is 6.54. The molecule has 2 unspecified atom stereocenters. The molecule has 0 saturated heterocycles. The fraction of sp³-hybridized carbons (Fsp3) is 0.368. The number of hydrogen-bond donors (Lipinski definition) is 0. The lowest BCUT2D eigenvalue weighted by molar-refractivity contribution is 0.471. The zero-order valence-corrected chi connectivity index (χ0v) is 13.1. The Hall–Kier alpha value is -1.96. The molecule has 2 heterocycles. The highest BCUT2D eigenvalue weighted by Crippen LogP contribution is 2.57. The molecule has 0 amide bonds. The normalized spacial score (nSPS) is 22.0. The molecular formula is C19H21NO. The molecular weight excluding hydrogens is 258 g/mol. The highest BCUT2D eigenvalue weighted by molar-refractivity contribution is 5.85. The van der Waals surface area contributed by atoms with Crippen LogP contribution in [0.1, 0.15) is 50.7 Å². The van der Waals surface area contributed by atoms with E-state index < -0.39 is 0 Å². The van der Waals surface area contributed by atoms with Gasteiger partial charge in [-0.2, -0.15) is 0 Å². The third kappa shape index (κ3) is 1.59. The van der Waals surface area contributed by atoms with Crippen molar-refractivity contribution in [2.75, 3.05) is 4.90 Å². The molecule has 108 valence electrons. The molecule has 0 spiro atoms. The van der Waals surface area contributed by atoms with Crippen LogP contribution in [0.15, 0.2) is 36.4 Å². The number of rotatable bonds is 1. The molecule has 0 fully saturated rings. The Morgan fingerprint density at radius 2 is 1.76 bits per heavy atom. The summed E-state index contributed by atoms with van der Waals surface area (Å²) in [5, 5.41) is 0. The van der Waals surface area contributed by atoms with Gasteiger partial charge >= 0.3 is 0 Å². The van der Waals surface area contributed by atoms with Gasteiger partial charge in [0.1, 0.15) is 0 Å². The van der Waals surface area contributed by atoms with Crippen LogP contribution in [0.5, 0.6) is 11.5 Å². The van der Waals surface area contributed by atoms with Crippen LogP contribution in [-0.2, 0) is 0 Å². The lowest BCUT2D eigenvalue weighted by Crippen LogP contribution is -2.27. The van der Waals surface area contributed by atoms with Crippen molar-refractivity contribution in [2.24, 2.45) is 0 Å². The highest BCUT2D eigenvalue weighted by atomic mass is 16.5. The summed E-state index contributed by atoms with van der Waals surface area (Å²) >= 11 is 0. The number of ether oxygens (including phenoxy) is 1. The SMILES string of the molecule is CC(C)c1ccc2c3c1C(C)C(C)N3c1ccccc1O2. The van der Waals surface area contributed by atoms with E-state index in [1.165, 1.54) is 22.5 Å². The summed E-state index contributed by atoms with van der Waals surface area (Å²) in [5.74, 6) is 3.03. The van der Waals surface area contributed by atoms with Crippen molar-refractivity contribution in [3.63, 3.8) is 0 Å². The summed E-state index contributed by atoms with van der Waals surface area (Å²) < 4.78 is 6.16. The predicted octanol–water partition coefficient (Wildman–Crippen LogP) is 5.56. The topological polar surface area (TPSA) is 12.5 Å². The smallest absolute Gasteiger partial charge is 0.151 e. The minimum absolute atomic E-state index is 0.462. The molecule has 2 nitrogen and oxygen atoms in total. The minimum Gasteiger partial charge on any atom is -0.453 e. The molecule has 2 aromatic rings. The Morgan fingerprint density at radius 1 is 1.00 bits per heavy atom. The van der Waals surface area contributed by atoms with E-state index in [1.54, 1.807) is 0 Å². The van der Waals surface area contributed by atoms with Crippen molar-refractivity contribution in [3.05, 3.63) is 47.5 Å². The highest BCUT2D eigenvalue weighted by Gasteiger charge is 2.41. The maximum Gasteiger partial charge on any atom is 0.151 e.